The van der Waals surface area contributed by atoms with Gasteiger partial charge in [-0.2, -0.15) is 0 Å². The standard InChI is InChI=1S/C15H21BrN2O3/c1-4-18(10-15(2,3)21)13(19)9-17-14(20)11-5-7-12(16)8-6-11/h5-8,21H,4,9-10H2,1-3H3,(H,17,20). The Morgan fingerprint density at radius 3 is 2.33 bits per heavy atom. The van der Waals surface area contributed by atoms with Gasteiger partial charge in [0.25, 0.3) is 5.91 Å². The summed E-state index contributed by atoms with van der Waals surface area (Å²) in [6, 6.07) is 6.89. The number of carbonyl (C=O) groups is 2. The fourth-order valence-corrected chi connectivity index (χ4v) is 2.08. The molecule has 0 aliphatic carbocycles. The van der Waals surface area contributed by atoms with Gasteiger partial charge in [-0.25, -0.2) is 0 Å². The molecule has 0 radical (unpaired) electrons. The summed E-state index contributed by atoms with van der Waals surface area (Å²) in [5, 5.41) is 12.4. The van der Waals surface area contributed by atoms with Crippen molar-refractivity contribution >= 4 is 27.7 Å². The van der Waals surface area contributed by atoms with Gasteiger partial charge in [0.15, 0.2) is 0 Å². The number of nitrogens with one attached hydrogen (secondary N) is 1. The zero-order valence-corrected chi connectivity index (χ0v) is 14.1. The van der Waals surface area contributed by atoms with E-state index in [1.54, 1.807) is 38.1 Å². The van der Waals surface area contributed by atoms with E-state index in [0.29, 0.717) is 12.1 Å². The van der Waals surface area contributed by atoms with Crippen molar-refractivity contribution < 1.29 is 14.7 Å². The molecule has 0 unspecified atom stereocenters. The smallest absolute Gasteiger partial charge is 0.251 e. The molecule has 2 N–H and O–H groups in total. The minimum atomic E-state index is -0.957. The summed E-state index contributed by atoms with van der Waals surface area (Å²) in [5.74, 6) is -0.514. The molecule has 21 heavy (non-hydrogen) atoms. The summed E-state index contributed by atoms with van der Waals surface area (Å²) in [5.41, 5.74) is -0.460. The first-order valence-electron chi connectivity index (χ1n) is 6.77. The summed E-state index contributed by atoms with van der Waals surface area (Å²) >= 11 is 3.30. The van der Waals surface area contributed by atoms with Crippen LogP contribution in [0.4, 0.5) is 0 Å². The molecule has 6 heteroatoms. The van der Waals surface area contributed by atoms with Crippen molar-refractivity contribution in [1.29, 1.82) is 0 Å². The van der Waals surface area contributed by atoms with Crippen LogP contribution in [0.3, 0.4) is 0 Å². The molecule has 0 aliphatic heterocycles. The molecule has 0 heterocycles. The van der Waals surface area contributed by atoms with Crippen LogP contribution in [-0.4, -0.2) is 47.1 Å². The molecule has 116 valence electrons. The molecule has 0 saturated carbocycles. The average molecular weight is 357 g/mol. The lowest BCUT2D eigenvalue weighted by molar-refractivity contribution is -0.132. The highest BCUT2D eigenvalue weighted by Gasteiger charge is 2.21. The largest absolute Gasteiger partial charge is 0.389 e. The van der Waals surface area contributed by atoms with Crippen molar-refractivity contribution in [1.82, 2.24) is 10.2 Å². The number of benzene rings is 1. The van der Waals surface area contributed by atoms with Crippen molar-refractivity contribution in [3.8, 4) is 0 Å². The Bertz CT molecular complexity index is 495. The topological polar surface area (TPSA) is 69.6 Å². The van der Waals surface area contributed by atoms with Crippen molar-refractivity contribution in [3.63, 3.8) is 0 Å². The van der Waals surface area contributed by atoms with Crippen LogP contribution in [0.15, 0.2) is 28.7 Å². The quantitative estimate of drug-likeness (QED) is 0.816. The zero-order valence-electron chi connectivity index (χ0n) is 12.5. The molecule has 2 amide bonds. The molecule has 0 fully saturated rings. The molecule has 1 aromatic carbocycles. The van der Waals surface area contributed by atoms with E-state index in [0.717, 1.165) is 4.47 Å². The Morgan fingerprint density at radius 1 is 1.29 bits per heavy atom. The van der Waals surface area contributed by atoms with E-state index >= 15 is 0 Å². The van der Waals surface area contributed by atoms with E-state index in [2.05, 4.69) is 21.2 Å². The van der Waals surface area contributed by atoms with Gasteiger partial charge in [0.2, 0.25) is 5.91 Å². The second-order valence-corrected chi connectivity index (χ2v) is 6.33. The summed E-state index contributed by atoms with van der Waals surface area (Å²) in [7, 11) is 0. The Morgan fingerprint density at radius 2 is 1.86 bits per heavy atom. The van der Waals surface area contributed by atoms with Crippen LogP contribution in [-0.2, 0) is 4.79 Å². The second-order valence-electron chi connectivity index (χ2n) is 5.41. The fourth-order valence-electron chi connectivity index (χ4n) is 1.81. The first-order chi connectivity index (χ1) is 9.73. The van der Waals surface area contributed by atoms with Crippen LogP contribution in [0, 0.1) is 0 Å². The number of carbonyl (C=O) groups excluding carboxylic acids is 2. The van der Waals surface area contributed by atoms with Crippen LogP contribution in [0.25, 0.3) is 0 Å². The molecular formula is C15H21BrN2O3. The van der Waals surface area contributed by atoms with Gasteiger partial charge < -0.3 is 15.3 Å². The van der Waals surface area contributed by atoms with Gasteiger partial charge in [0, 0.05) is 23.1 Å². The van der Waals surface area contributed by atoms with E-state index in [9.17, 15) is 14.7 Å². The van der Waals surface area contributed by atoms with E-state index < -0.39 is 5.60 Å². The maximum Gasteiger partial charge on any atom is 0.251 e. The van der Waals surface area contributed by atoms with E-state index in [-0.39, 0.29) is 24.9 Å². The minimum Gasteiger partial charge on any atom is -0.389 e. The Labute approximate surface area is 133 Å². The van der Waals surface area contributed by atoms with Crippen molar-refractivity contribution in [2.75, 3.05) is 19.6 Å². The van der Waals surface area contributed by atoms with Crippen molar-refractivity contribution in [2.24, 2.45) is 0 Å². The molecule has 1 aromatic rings. The highest BCUT2D eigenvalue weighted by atomic mass is 79.9. The lowest BCUT2D eigenvalue weighted by atomic mass is 10.1. The maximum atomic E-state index is 12.0. The maximum absolute atomic E-state index is 12.0. The molecule has 1 rings (SSSR count). The summed E-state index contributed by atoms with van der Waals surface area (Å²) < 4.78 is 0.887. The van der Waals surface area contributed by atoms with Gasteiger partial charge in [-0.1, -0.05) is 15.9 Å². The summed E-state index contributed by atoms with van der Waals surface area (Å²) in [6.07, 6.45) is 0. The van der Waals surface area contributed by atoms with E-state index in [1.807, 2.05) is 6.92 Å². The Kier molecular flexibility index (Phi) is 6.36. The molecular weight excluding hydrogens is 336 g/mol. The molecule has 0 atom stereocenters. The van der Waals surface area contributed by atoms with Gasteiger partial charge in [-0.15, -0.1) is 0 Å². The molecule has 0 spiro atoms. The first-order valence-corrected chi connectivity index (χ1v) is 7.56. The third-order valence-corrected chi connectivity index (χ3v) is 3.35. The van der Waals surface area contributed by atoms with Crippen LogP contribution in [0.5, 0.6) is 0 Å². The van der Waals surface area contributed by atoms with Crippen LogP contribution in [0.2, 0.25) is 0 Å². The van der Waals surface area contributed by atoms with E-state index in [4.69, 9.17) is 0 Å². The Balaban J connectivity index is 2.55. The van der Waals surface area contributed by atoms with E-state index in [1.165, 1.54) is 4.90 Å². The number of likely N-dealkylation sites (N-methyl/N-ethyl adjacent to an activating group) is 1. The van der Waals surface area contributed by atoms with Crippen LogP contribution < -0.4 is 5.32 Å². The summed E-state index contributed by atoms with van der Waals surface area (Å²) in [6.45, 7) is 5.75. The molecule has 0 saturated heterocycles. The average Bonchev–Trinajstić information content (AvgIpc) is 2.41. The number of nitrogens with zero attached hydrogens (tertiary/aromatic N) is 1. The van der Waals surface area contributed by atoms with Crippen molar-refractivity contribution in [3.05, 3.63) is 34.3 Å². The second kappa shape index (κ2) is 7.56. The molecule has 0 aromatic heterocycles. The van der Waals surface area contributed by atoms with Gasteiger partial charge in [-0.3, -0.25) is 9.59 Å². The molecule has 0 aliphatic rings. The lowest BCUT2D eigenvalue weighted by Gasteiger charge is -2.28. The predicted molar refractivity (Wildman–Crippen MR) is 85.0 cm³/mol. The number of aliphatic hydroxyl groups is 1. The predicted octanol–water partition coefficient (Wildman–Crippen LogP) is 1.80. The third-order valence-electron chi connectivity index (χ3n) is 2.82. The van der Waals surface area contributed by atoms with Crippen LogP contribution >= 0.6 is 15.9 Å². The fraction of sp³-hybridized carbons (Fsp3) is 0.467. The number of hydrogen-bond donors (Lipinski definition) is 2. The third kappa shape index (κ3) is 6.27. The normalized spacial score (nSPS) is 11.1. The monoisotopic (exact) mass is 356 g/mol. The van der Waals surface area contributed by atoms with Gasteiger partial charge in [0.1, 0.15) is 0 Å². The number of rotatable bonds is 6. The zero-order chi connectivity index (χ0) is 16.0. The first kappa shape index (κ1) is 17.7. The van der Waals surface area contributed by atoms with Crippen molar-refractivity contribution in [2.45, 2.75) is 26.4 Å². The molecule has 5 nitrogen and oxygen atoms in total. The highest BCUT2D eigenvalue weighted by Crippen LogP contribution is 2.10. The number of amides is 2. The Hall–Kier alpha value is -1.40. The molecule has 0 bridgehead atoms. The van der Waals surface area contributed by atoms with Gasteiger partial charge >= 0.3 is 0 Å². The SMILES string of the molecule is CCN(CC(C)(C)O)C(=O)CNC(=O)c1ccc(Br)cc1. The van der Waals surface area contributed by atoms with Gasteiger partial charge in [-0.05, 0) is 45.0 Å². The summed E-state index contributed by atoms with van der Waals surface area (Å²) in [4.78, 5) is 25.5. The van der Waals surface area contributed by atoms with Crippen LogP contribution in [0.1, 0.15) is 31.1 Å². The number of halogens is 1. The highest BCUT2D eigenvalue weighted by molar-refractivity contribution is 9.10. The van der Waals surface area contributed by atoms with Gasteiger partial charge in [0.05, 0.1) is 12.1 Å². The number of hydrogen-bond acceptors (Lipinski definition) is 3. The lowest BCUT2D eigenvalue weighted by Crippen LogP contribution is -2.46. The minimum absolute atomic E-state index is 0.0845.